The van der Waals surface area contributed by atoms with Crippen LogP contribution in [0.2, 0.25) is 0 Å². The Labute approximate surface area is 137 Å². The molecule has 0 amide bonds. The standard InChI is InChI=1S/C19H22O4/c1-3-21-19(22-4-2)18(20)16-10-12-17(13-11-16)23-14-15-8-6-5-7-9-15/h5-13,19H,3-4,14H2,1-2H3. The van der Waals surface area contributed by atoms with E-state index in [1.807, 2.05) is 44.2 Å². The zero-order valence-corrected chi connectivity index (χ0v) is 13.5. The van der Waals surface area contributed by atoms with E-state index in [0.717, 1.165) is 11.3 Å². The number of hydrogen-bond donors (Lipinski definition) is 0. The van der Waals surface area contributed by atoms with Crippen LogP contribution in [0.5, 0.6) is 5.75 Å². The van der Waals surface area contributed by atoms with Crippen LogP contribution in [0.4, 0.5) is 0 Å². The van der Waals surface area contributed by atoms with E-state index in [-0.39, 0.29) is 5.78 Å². The van der Waals surface area contributed by atoms with Crippen molar-refractivity contribution in [1.82, 2.24) is 0 Å². The van der Waals surface area contributed by atoms with Crippen LogP contribution in [-0.2, 0) is 16.1 Å². The molecule has 0 saturated carbocycles. The summed E-state index contributed by atoms with van der Waals surface area (Å²) in [4.78, 5) is 12.3. The van der Waals surface area contributed by atoms with E-state index in [4.69, 9.17) is 14.2 Å². The van der Waals surface area contributed by atoms with E-state index in [0.29, 0.717) is 25.4 Å². The Morgan fingerprint density at radius 1 is 0.913 bits per heavy atom. The second-order valence-corrected chi connectivity index (χ2v) is 4.91. The summed E-state index contributed by atoms with van der Waals surface area (Å²) in [6, 6.07) is 17.0. The van der Waals surface area contributed by atoms with Crippen LogP contribution in [0.1, 0.15) is 29.8 Å². The van der Waals surface area contributed by atoms with Crippen molar-refractivity contribution in [1.29, 1.82) is 0 Å². The molecule has 0 radical (unpaired) electrons. The number of benzene rings is 2. The molecule has 2 aromatic carbocycles. The maximum atomic E-state index is 12.3. The number of rotatable bonds is 9. The van der Waals surface area contributed by atoms with E-state index in [2.05, 4.69) is 0 Å². The molecule has 0 spiro atoms. The van der Waals surface area contributed by atoms with Gasteiger partial charge in [0.25, 0.3) is 0 Å². The zero-order valence-electron chi connectivity index (χ0n) is 13.5. The Morgan fingerprint density at radius 3 is 2.09 bits per heavy atom. The zero-order chi connectivity index (χ0) is 16.5. The average Bonchev–Trinajstić information content (AvgIpc) is 2.60. The molecule has 0 unspecified atom stereocenters. The van der Waals surface area contributed by atoms with Gasteiger partial charge in [-0.2, -0.15) is 0 Å². The number of ether oxygens (including phenoxy) is 3. The van der Waals surface area contributed by atoms with Gasteiger partial charge in [-0.1, -0.05) is 30.3 Å². The summed E-state index contributed by atoms with van der Waals surface area (Å²) in [5.41, 5.74) is 1.64. The molecule has 0 N–H and O–H groups in total. The van der Waals surface area contributed by atoms with E-state index >= 15 is 0 Å². The van der Waals surface area contributed by atoms with E-state index in [9.17, 15) is 4.79 Å². The first-order valence-electron chi connectivity index (χ1n) is 7.78. The smallest absolute Gasteiger partial charge is 0.222 e. The van der Waals surface area contributed by atoms with Gasteiger partial charge in [0.15, 0.2) is 0 Å². The second-order valence-electron chi connectivity index (χ2n) is 4.91. The van der Waals surface area contributed by atoms with Crippen LogP contribution in [0.25, 0.3) is 0 Å². The molecule has 4 nitrogen and oxygen atoms in total. The van der Waals surface area contributed by atoms with Gasteiger partial charge in [0, 0.05) is 18.8 Å². The molecular weight excluding hydrogens is 292 g/mol. The highest BCUT2D eigenvalue weighted by molar-refractivity contribution is 5.98. The van der Waals surface area contributed by atoms with Crippen LogP contribution < -0.4 is 4.74 Å². The lowest BCUT2D eigenvalue weighted by Crippen LogP contribution is -2.27. The van der Waals surface area contributed by atoms with Crippen molar-refractivity contribution in [3.63, 3.8) is 0 Å². The Balaban J connectivity index is 1.96. The minimum Gasteiger partial charge on any atom is -0.489 e. The molecule has 0 aromatic heterocycles. The first kappa shape index (κ1) is 17.2. The Hall–Kier alpha value is -2.17. The molecule has 23 heavy (non-hydrogen) atoms. The largest absolute Gasteiger partial charge is 0.489 e. The Morgan fingerprint density at radius 2 is 1.52 bits per heavy atom. The molecule has 0 saturated heterocycles. The summed E-state index contributed by atoms with van der Waals surface area (Å²) in [6.45, 7) is 5.01. The van der Waals surface area contributed by atoms with Crippen LogP contribution in [0.3, 0.4) is 0 Å². The molecule has 0 aliphatic rings. The molecule has 0 aliphatic carbocycles. The predicted molar refractivity (Wildman–Crippen MR) is 88.6 cm³/mol. The van der Waals surface area contributed by atoms with E-state index < -0.39 is 6.29 Å². The molecule has 4 heteroatoms. The van der Waals surface area contributed by atoms with Gasteiger partial charge in [0.05, 0.1) is 0 Å². The van der Waals surface area contributed by atoms with Crippen molar-refractivity contribution in [3.05, 3.63) is 65.7 Å². The highest BCUT2D eigenvalue weighted by atomic mass is 16.7. The molecule has 0 heterocycles. The van der Waals surface area contributed by atoms with Gasteiger partial charge < -0.3 is 14.2 Å². The summed E-state index contributed by atoms with van der Waals surface area (Å²) in [5.74, 6) is 0.540. The molecule has 2 aromatic rings. The first-order chi connectivity index (χ1) is 11.2. The SMILES string of the molecule is CCOC(OCC)C(=O)c1ccc(OCc2ccccc2)cc1. The lowest BCUT2D eigenvalue weighted by molar-refractivity contribution is -0.107. The number of carbonyl (C=O) groups excluding carboxylic acids is 1. The highest BCUT2D eigenvalue weighted by Gasteiger charge is 2.20. The molecule has 0 bridgehead atoms. The van der Waals surface area contributed by atoms with Crippen molar-refractivity contribution in [2.45, 2.75) is 26.7 Å². The fourth-order valence-corrected chi connectivity index (χ4v) is 2.09. The second kappa shape index (κ2) is 9.08. The molecule has 2 rings (SSSR count). The normalized spacial score (nSPS) is 10.7. The van der Waals surface area contributed by atoms with Gasteiger partial charge in [-0.25, -0.2) is 0 Å². The predicted octanol–water partition coefficient (Wildman–Crippen LogP) is 3.85. The molecule has 0 fully saturated rings. The topological polar surface area (TPSA) is 44.8 Å². The Kier molecular flexibility index (Phi) is 6.78. The van der Waals surface area contributed by atoms with Crippen molar-refractivity contribution in [2.24, 2.45) is 0 Å². The first-order valence-corrected chi connectivity index (χ1v) is 7.78. The monoisotopic (exact) mass is 314 g/mol. The van der Waals surface area contributed by atoms with Crippen LogP contribution in [-0.4, -0.2) is 25.3 Å². The number of hydrogen-bond acceptors (Lipinski definition) is 4. The summed E-state index contributed by atoms with van der Waals surface area (Å²) >= 11 is 0. The molecule has 0 atom stereocenters. The van der Waals surface area contributed by atoms with Gasteiger partial charge in [0.2, 0.25) is 12.1 Å². The summed E-state index contributed by atoms with van der Waals surface area (Å²) in [7, 11) is 0. The molecule has 0 aliphatic heterocycles. The minimum atomic E-state index is -0.846. The number of carbonyl (C=O) groups is 1. The summed E-state index contributed by atoms with van der Waals surface area (Å²) < 4.78 is 16.4. The van der Waals surface area contributed by atoms with Crippen molar-refractivity contribution in [2.75, 3.05) is 13.2 Å². The third-order valence-electron chi connectivity index (χ3n) is 3.24. The third-order valence-corrected chi connectivity index (χ3v) is 3.24. The van der Waals surface area contributed by atoms with Crippen LogP contribution >= 0.6 is 0 Å². The third kappa shape index (κ3) is 5.20. The Bertz CT molecular complexity index is 587. The number of Topliss-reactive ketones (excluding diaryl/α,β-unsaturated/α-hetero) is 1. The molecular formula is C19H22O4. The van der Waals surface area contributed by atoms with Gasteiger partial charge in [-0.15, -0.1) is 0 Å². The lowest BCUT2D eigenvalue weighted by atomic mass is 10.1. The number of ketones is 1. The van der Waals surface area contributed by atoms with Crippen molar-refractivity contribution < 1.29 is 19.0 Å². The van der Waals surface area contributed by atoms with E-state index in [1.165, 1.54) is 0 Å². The lowest BCUT2D eigenvalue weighted by Gasteiger charge is -2.15. The average molecular weight is 314 g/mol. The van der Waals surface area contributed by atoms with Crippen LogP contribution in [0.15, 0.2) is 54.6 Å². The van der Waals surface area contributed by atoms with Gasteiger partial charge in [0.1, 0.15) is 12.4 Å². The fourth-order valence-electron chi connectivity index (χ4n) is 2.09. The maximum Gasteiger partial charge on any atom is 0.222 e. The van der Waals surface area contributed by atoms with Gasteiger partial charge in [-0.05, 0) is 43.7 Å². The van der Waals surface area contributed by atoms with Gasteiger partial charge >= 0.3 is 0 Å². The maximum absolute atomic E-state index is 12.3. The highest BCUT2D eigenvalue weighted by Crippen LogP contribution is 2.16. The van der Waals surface area contributed by atoms with E-state index in [1.54, 1.807) is 24.3 Å². The van der Waals surface area contributed by atoms with Crippen molar-refractivity contribution in [3.8, 4) is 5.75 Å². The summed E-state index contributed by atoms with van der Waals surface area (Å²) in [5, 5.41) is 0. The summed E-state index contributed by atoms with van der Waals surface area (Å²) in [6.07, 6.45) is -0.846. The van der Waals surface area contributed by atoms with Crippen molar-refractivity contribution >= 4 is 5.78 Å². The van der Waals surface area contributed by atoms with Crippen LogP contribution in [0, 0.1) is 0 Å². The minimum absolute atomic E-state index is 0.177. The molecule has 122 valence electrons. The van der Waals surface area contributed by atoms with Gasteiger partial charge in [-0.3, -0.25) is 4.79 Å². The quantitative estimate of drug-likeness (QED) is 0.521. The fraction of sp³-hybridized carbons (Fsp3) is 0.316.